The minimum absolute atomic E-state index is 0.0236. The van der Waals surface area contributed by atoms with Crippen LogP contribution in [0, 0.1) is 5.92 Å². The first-order valence-corrected chi connectivity index (χ1v) is 5.84. The summed E-state index contributed by atoms with van der Waals surface area (Å²) in [5.41, 5.74) is 0. The Balaban J connectivity index is 3.43. The Morgan fingerprint density at radius 3 is 2.25 bits per heavy atom. The topological polar surface area (TPSA) is 70.2 Å². The first kappa shape index (κ1) is 14.7. The summed E-state index contributed by atoms with van der Waals surface area (Å²) < 4.78 is 0. The molecule has 0 aromatic heterocycles. The molecule has 0 aromatic rings. The van der Waals surface area contributed by atoms with Crippen molar-refractivity contribution in [3.05, 3.63) is 0 Å². The van der Waals surface area contributed by atoms with Gasteiger partial charge >= 0.3 is 6.03 Å². The molecule has 94 valence electrons. The quantitative estimate of drug-likeness (QED) is 0.606. The predicted molar refractivity (Wildman–Crippen MR) is 64.2 cm³/mol. The Morgan fingerprint density at radius 2 is 1.69 bits per heavy atom. The highest BCUT2D eigenvalue weighted by atomic mass is 16.2. The van der Waals surface area contributed by atoms with Crippen LogP contribution in [0.4, 0.5) is 4.79 Å². The zero-order chi connectivity index (χ0) is 12.4. The van der Waals surface area contributed by atoms with Gasteiger partial charge in [0, 0.05) is 26.1 Å². The van der Waals surface area contributed by atoms with Crippen LogP contribution >= 0.6 is 0 Å². The van der Waals surface area contributed by atoms with Gasteiger partial charge in [-0.1, -0.05) is 20.8 Å². The van der Waals surface area contributed by atoms with E-state index in [4.69, 9.17) is 0 Å². The smallest absolute Gasteiger partial charge is 0.314 e. The van der Waals surface area contributed by atoms with Crippen molar-refractivity contribution in [1.29, 1.82) is 0 Å². The summed E-state index contributed by atoms with van der Waals surface area (Å²) in [6.07, 6.45) is 1.23. The highest BCUT2D eigenvalue weighted by Crippen LogP contribution is 1.87. The van der Waals surface area contributed by atoms with Gasteiger partial charge in [-0.25, -0.2) is 4.79 Å². The standard InChI is InChI=1S/C11H23N3O2/c1-4-6-12-11(16)13-7-5-10(15)14-8-9(2)3/h9H,4-8H2,1-3H3,(H,14,15)(H2,12,13,16). The van der Waals surface area contributed by atoms with E-state index in [2.05, 4.69) is 16.0 Å². The molecule has 3 N–H and O–H groups in total. The van der Waals surface area contributed by atoms with Gasteiger partial charge in [-0.05, 0) is 12.3 Å². The molecule has 0 fully saturated rings. The summed E-state index contributed by atoms with van der Waals surface area (Å²) in [6, 6.07) is -0.210. The molecule has 16 heavy (non-hydrogen) atoms. The van der Waals surface area contributed by atoms with Crippen LogP contribution in [0.5, 0.6) is 0 Å². The molecule has 0 atom stereocenters. The summed E-state index contributed by atoms with van der Waals surface area (Å²) >= 11 is 0. The molecule has 0 aliphatic carbocycles. The lowest BCUT2D eigenvalue weighted by Gasteiger charge is -2.08. The Labute approximate surface area is 97.4 Å². The minimum Gasteiger partial charge on any atom is -0.356 e. The van der Waals surface area contributed by atoms with Gasteiger partial charge in [0.25, 0.3) is 0 Å². The second-order valence-corrected chi connectivity index (χ2v) is 4.13. The van der Waals surface area contributed by atoms with E-state index in [1.807, 2.05) is 20.8 Å². The minimum atomic E-state index is -0.210. The van der Waals surface area contributed by atoms with Gasteiger partial charge < -0.3 is 16.0 Å². The summed E-state index contributed by atoms with van der Waals surface area (Å²) in [7, 11) is 0. The molecule has 3 amide bonds. The van der Waals surface area contributed by atoms with Gasteiger partial charge in [0.2, 0.25) is 5.91 Å². The van der Waals surface area contributed by atoms with Gasteiger partial charge in [-0.3, -0.25) is 4.79 Å². The summed E-state index contributed by atoms with van der Waals surface area (Å²) in [6.45, 7) is 7.78. The fraction of sp³-hybridized carbons (Fsp3) is 0.818. The van der Waals surface area contributed by atoms with E-state index in [1.54, 1.807) is 0 Å². The number of carbonyl (C=O) groups is 2. The molecule has 0 aromatic carbocycles. The van der Waals surface area contributed by atoms with Crippen molar-refractivity contribution in [3.8, 4) is 0 Å². The van der Waals surface area contributed by atoms with E-state index in [1.165, 1.54) is 0 Å². The molecule has 0 heterocycles. The number of rotatable bonds is 7. The molecule has 0 aliphatic rings. The van der Waals surface area contributed by atoms with Crippen molar-refractivity contribution in [3.63, 3.8) is 0 Å². The number of amides is 3. The van der Waals surface area contributed by atoms with E-state index in [0.717, 1.165) is 6.42 Å². The first-order chi connectivity index (χ1) is 7.56. The van der Waals surface area contributed by atoms with Crippen molar-refractivity contribution in [1.82, 2.24) is 16.0 Å². The van der Waals surface area contributed by atoms with Crippen molar-refractivity contribution in [2.24, 2.45) is 5.92 Å². The lowest BCUT2D eigenvalue weighted by atomic mass is 10.2. The number of urea groups is 1. The second kappa shape index (κ2) is 9.00. The Kier molecular flexibility index (Phi) is 8.29. The maximum Gasteiger partial charge on any atom is 0.314 e. The van der Waals surface area contributed by atoms with Crippen LogP contribution in [0.15, 0.2) is 0 Å². The summed E-state index contributed by atoms with van der Waals surface area (Å²) in [5.74, 6) is 0.425. The van der Waals surface area contributed by atoms with Gasteiger partial charge in [0.1, 0.15) is 0 Å². The van der Waals surface area contributed by atoms with Gasteiger partial charge in [-0.2, -0.15) is 0 Å². The molecule has 0 rings (SSSR count). The highest BCUT2D eigenvalue weighted by Gasteiger charge is 2.03. The van der Waals surface area contributed by atoms with Crippen LogP contribution in [0.2, 0.25) is 0 Å². The number of hydrogen-bond donors (Lipinski definition) is 3. The third-order valence-electron chi connectivity index (χ3n) is 1.88. The monoisotopic (exact) mass is 229 g/mol. The van der Waals surface area contributed by atoms with Crippen LogP contribution in [-0.4, -0.2) is 31.6 Å². The average molecular weight is 229 g/mol. The van der Waals surface area contributed by atoms with Crippen LogP contribution in [0.3, 0.4) is 0 Å². The fourth-order valence-corrected chi connectivity index (χ4v) is 0.997. The SMILES string of the molecule is CCCNC(=O)NCCC(=O)NCC(C)C. The molecule has 5 heteroatoms. The van der Waals surface area contributed by atoms with Crippen molar-refractivity contribution in [2.75, 3.05) is 19.6 Å². The van der Waals surface area contributed by atoms with E-state index < -0.39 is 0 Å². The van der Waals surface area contributed by atoms with Gasteiger partial charge in [0.15, 0.2) is 0 Å². The van der Waals surface area contributed by atoms with Crippen LogP contribution < -0.4 is 16.0 Å². The summed E-state index contributed by atoms with van der Waals surface area (Å²) in [5, 5.41) is 8.09. The maximum absolute atomic E-state index is 11.3. The molecule has 0 saturated carbocycles. The fourth-order valence-electron chi connectivity index (χ4n) is 0.997. The van der Waals surface area contributed by atoms with Crippen LogP contribution in [0.1, 0.15) is 33.6 Å². The van der Waals surface area contributed by atoms with Crippen molar-refractivity contribution >= 4 is 11.9 Å². The van der Waals surface area contributed by atoms with Gasteiger partial charge in [0.05, 0.1) is 0 Å². The largest absolute Gasteiger partial charge is 0.356 e. The average Bonchev–Trinajstić information content (AvgIpc) is 2.23. The molecule has 0 radical (unpaired) electrons. The zero-order valence-corrected chi connectivity index (χ0v) is 10.4. The number of hydrogen-bond acceptors (Lipinski definition) is 2. The molecular formula is C11H23N3O2. The van der Waals surface area contributed by atoms with E-state index in [0.29, 0.717) is 32.0 Å². The first-order valence-electron chi connectivity index (χ1n) is 5.84. The Bertz CT molecular complexity index is 217. The second-order valence-electron chi connectivity index (χ2n) is 4.13. The van der Waals surface area contributed by atoms with Crippen LogP contribution in [0.25, 0.3) is 0 Å². The molecule has 0 saturated heterocycles. The third-order valence-corrected chi connectivity index (χ3v) is 1.88. The number of nitrogens with one attached hydrogen (secondary N) is 3. The molecule has 0 spiro atoms. The lowest BCUT2D eigenvalue weighted by molar-refractivity contribution is -0.121. The molecule has 0 unspecified atom stereocenters. The predicted octanol–water partition coefficient (Wildman–Crippen LogP) is 0.858. The van der Waals surface area contributed by atoms with E-state index in [-0.39, 0.29) is 11.9 Å². The molecule has 0 aliphatic heterocycles. The Morgan fingerprint density at radius 1 is 1.06 bits per heavy atom. The summed E-state index contributed by atoms with van der Waals surface area (Å²) in [4.78, 5) is 22.4. The zero-order valence-electron chi connectivity index (χ0n) is 10.4. The maximum atomic E-state index is 11.3. The molecule has 5 nitrogen and oxygen atoms in total. The normalized spacial score (nSPS) is 10.0. The van der Waals surface area contributed by atoms with Crippen LogP contribution in [-0.2, 0) is 4.79 Å². The molecular weight excluding hydrogens is 206 g/mol. The van der Waals surface area contributed by atoms with E-state index in [9.17, 15) is 9.59 Å². The van der Waals surface area contributed by atoms with E-state index >= 15 is 0 Å². The van der Waals surface area contributed by atoms with Crippen molar-refractivity contribution < 1.29 is 9.59 Å². The van der Waals surface area contributed by atoms with Gasteiger partial charge in [-0.15, -0.1) is 0 Å². The number of carbonyl (C=O) groups excluding carboxylic acids is 2. The third kappa shape index (κ3) is 9.30. The highest BCUT2D eigenvalue weighted by molar-refractivity contribution is 5.78. The lowest BCUT2D eigenvalue weighted by Crippen LogP contribution is -2.38. The molecule has 0 bridgehead atoms. The van der Waals surface area contributed by atoms with Crippen molar-refractivity contribution in [2.45, 2.75) is 33.6 Å². The Hall–Kier alpha value is -1.26.